The van der Waals surface area contributed by atoms with Crippen molar-refractivity contribution in [1.29, 1.82) is 0 Å². The van der Waals surface area contributed by atoms with Crippen molar-refractivity contribution in [2.45, 2.75) is 71.8 Å². The van der Waals surface area contributed by atoms with Gasteiger partial charge < -0.3 is 4.74 Å². The van der Waals surface area contributed by atoms with Gasteiger partial charge in [0.15, 0.2) is 0 Å². The Morgan fingerprint density at radius 2 is 1.40 bits per heavy atom. The Bertz CT molecular complexity index is 222. The lowest BCUT2D eigenvalue weighted by atomic mass is 9.70. The summed E-state index contributed by atoms with van der Waals surface area (Å²) in [5, 5.41) is 0. The van der Waals surface area contributed by atoms with Crippen LogP contribution in [0.3, 0.4) is 0 Å². The first kappa shape index (κ1) is 11.4. The molecule has 0 aromatic carbocycles. The number of rotatable bonds is 2. The third-order valence-electron chi connectivity index (χ3n) is 4.33. The van der Waals surface area contributed by atoms with Crippen molar-refractivity contribution in [1.82, 2.24) is 0 Å². The summed E-state index contributed by atoms with van der Waals surface area (Å²) < 4.78 is 5.96. The standard InChI is InChI=1S/C14H26O/c1-12(2,3)15-11-13(4)5-7-14(8-6-13)9-10-14/h5-11H2,1-4H3. The summed E-state index contributed by atoms with van der Waals surface area (Å²) in [6, 6.07) is 0. The van der Waals surface area contributed by atoms with Crippen molar-refractivity contribution < 1.29 is 4.74 Å². The van der Waals surface area contributed by atoms with E-state index in [1.165, 1.54) is 38.5 Å². The Morgan fingerprint density at radius 1 is 0.933 bits per heavy atom. The summed E-state index contributed by atoms with van der Waals surface area (Å²) in [5.74, 6) is 0. The van der Waals surface area contributed by atoms with Crippen LogP contribution in [0.4, 0.5) is 0 Å². The van der Waals surface area contributed by atoms with E-state index in [9.17, 15) is 0 Å². The summed E-state index contributed by atoms with van der Waals surface area (Å²) >= 11 is 0. The monoisotopic (exact) mass is 210 g/mol. The zero-order valence-corrected chi connectivity index (χ0v) is 10.9. The molecule has 0 saturated heterocycles. The van der Waals surface area contributed by atoms with Gasteiger partial charge in [-0.1, -0.05) is 6.92 Å². The maximum absolute atomic E-state index is 5.96. The summed E-state index contributed by atoms with van der Waals surface area (Å²) in [5.41, 5.74) is 1.29. The predicted molar refractivity (Wildman–Crippen MR) is 63.9 cm³/mol. The summed E-state index contributed by atoms with van der Waals surface area (Å²) in [6.45, 7) is 9.82. The molecule has 2 aliphatic rings. The van der Waals surface area contributed by atoms with Crippen LogP contribution in [0, 0.1) is 10.8 Å². The lowest BCUT2D eigenvalue weighted by molar-refractivity contribution is -0.0623. The quantitative estimate of drug-likeness (QED) is 0.665. The third kappa shape index (κ3) is 2.96. The minimum absolute atomic E-state index is 0.0255. The molecule has 2 rings (SSSR count). The van der Waals surface area contributed by atoms with E-state index in [0.29, 0.717) is 5.41 Å². The van der Waals surface area contributed by atoms with Gasteiger partial charge in [0.1, 0.15) is 0 Å². The minimum Gasteiger partial charge on any atom is -0.375 e. The van der Waals surface area contributed by atoms with Gasteiger partial charge in [-0.25, -0.2) is 0 Å². The van der Waals surface area contributed by atoms with Crippen LogP contribution in [0.25, 0.3) is 0 Å². The average Bonchev–Trinajstić information content (AvgIpc) is 2.88. The first-order valence-electron chi connectivity index (χ1n) is 6.47. The molecule has 0 aromatic rings. The molecule has 2 aliphatic carbocycles. The molecule has 15 heavy (non-hydrogen) atoms. The van der Waals surface area contributed by atoms with Crippen molar-refractivity contribution in [3.05, 3.63) is 0 Å². The first-order chi connectivity index (χ1) is 6.83. The average molecular weight is 210 g/mol. The Labute approximate surface area is 94.6 Å². The van der Waals surface area contributed by atoms with Gasteiger partial charge in [-0.05, 0) is 70.1 Å². The van der Waals surface area contributed by atoms with E-state index in [0.717, 1.165) is 12.0 Å². The Morgan fingerprint density at radius 3 is 1.80 bits per heavy atom. The number of hydrogen-bond donors (Lipinski definition) is 0. The van der Waals surface area contributed by atoms with E-state index in [4.69, 9.17) is 4.74 Å². The lowest BCUT2D eigenvalue weighted by Gasteiger charge is -2.39. The molecule has 2 fully saturated rings. The van der Waals surface area contributed by atoms with Crippen LogP contribution in [-0.4, -0.2) is 12.2 Å². The maximum Gasteiger partial charge on any atom is 0.0598 e. The van der Waals surface area contributed by atoms with Crippen LogP contribution in [0.15, 0.2) is 0 Å². The van der Waals surface area contributed by atoms with E-state index < -0.39 is 0 Å². The normalized spacial score (nSPS) is 28.0. The van der Waals surface area contributed by atoms with E-state index in [2.05, 4.69) is 27.7 Å². The summed E-state index contributed by atoms with van der Waals surface area (Å²) in [6.07, 6.45) is 8.67. The van der Waals surface area contributed by atoms with E-state index in [1.807, 2.05) is 0 Å². The molecule has 0 aromatic heterocycles. The molecule has 0 unspecified atom stereocenters. The molecular formula is C14H26O. The highest BCUT2D eigenvalue weighted by Crippen LogP contribution is 2.59. The predicted octanol–water partition coefficient (Wildman–Crippen LogP) is 4.16. The molecule has 2 saturated carbocycles. The second-order valence-corrected chi connectivity index (χ2v) is 7.21. The number of ether oxygens (including phenoxy) is 1. The lowest BCUT2D eigenvalue weighted by Crippen LogP contribution is -2.33. The molecule has 0 aliphatic heterocycles. The van der Waals surface area contributed by atoms with Gasteiger partial charge >= 0.3 is 0 Å². The molecule has 1 nitrogen and oxygen atoms in total. The van der Waals surface area contributed by atoms with Crippen LogP contribution in [0.2, 0.25) is 0 Å². The highest BCUT2D eigenvalue weighted by Gasteiger charge is 2.47. The van der Waals surface area contributed by atoms with Crippen molar-refractivity contribution in [3.8, 4) is 0 Å². The topological polar surface area (TPSA) is 9.23 Å². The van der Waals surface area contributed by atoms with Crippen molar-refractivity contribution in [3.63, 3.8) is 0 Å². The van der Waals surface area contributed by atoms with Crippen molar-refractivity contribution in [2.24, 2.45) is 10.8 Å². The summed E-state index contributed by atoms with van der Waals surface area (Å²) in [4.78, 5) is 0. The Hall–Kier alpha value is -0.0400. The summed E-state index contributed by atoms with van der Waals surface area (Å²) in [7, 11) is 0. The van der Waals surface area contributed by atoms with Gasteiger partial charge in [0, 0.05) is 0 Å². The maximum atomic E-state index is 5.96. The molecule has 0 heterocycles. The van der Waals surface area contributed by atoms with E-state index >= 15 is 0 Å². The van der Waals surface area contributed by atoms with Gasteiger partial charge in [0.05, 0.1) is 12.2 Å². The Balaban J connectivity index is 1.81. The fourth-order valence-electron chi connectivity index (χ4n) is 2.60. The van der Waals surface area contributed by atoms with Gasteiger partial charge in [-0.15, -0.1) is 0 Å². The second kappa shape index (κ2) is 3.48. The third-order valence-corrected chi connectivity index (χ3v) is 4.33. The molecule has 0 atom stereocenters. The van der Waals surface area contributed by atoms with Crippen LogP contribution >= 0.6 is 0 Å². The fourth-order valence-corrected chi connectivity index (χ4v) is 2.60. The number of hydrogen-bond acceptors (Lipinski definition) is 1. The van der Waals surface area contributed by atoms with Gasteiger partial charge in [-0.2, -0.15) is 0 Å². The molecule has 88 valence electrons. The smallest absolute Gasteiger partial charge is 0.0598 e. The van der Waals surface area contributed by atoms with Crippen LogP contribution < -0.4 is 0 Å². The van der Waals surface area contributed by atoms with Gasteiger partial charge in [-0.3, -0.25) is 0 Å². The molecule has 0 amide bonds. The van der Waals surface area contributed by atoms with Gasteiger partial charge in [0.25, 0.3) is 0 Å². The molecular weight excluding hydrogens is 184 g/mol. The molecule has 1 heteroatoms. The van der Waals surface area contributed by atoms with Gasteiger partial charge in [0.2, 0.25) is 0 Å². The van der Waals surface area contributed by atoms with E-state index in [1.54, 1.807) is 0 Å². The SMILES string of the molecule is CC1(COC(C)(C)C)CCC2(CC1)CC2. The molecule has 0 bridgehead atoms. The fraction of sp³-hybridized carbons (Fsp3) is 1.00. The van der Waals surface area contributed by atoms with E-state index in [-0.39, 0.29) is 5.60 Å². The van der Waals surface area contributed by atoms with Crippen LogP contribution in [-0.2, 0) is 4.74 Å². The highest BCUT2D eigenvalue weighted by molar-refractivity contribution is 4.99. The van der Waals surface area contributed by atoms with Crippen molar-refractivity contribution in [2.75, 3.05) is 6.61 Å². The molecule has 0 N–H and O–H groups in total. The van der Waals surface area contributed by atoms with Crippen LogP contribution in [0.5, 0.6) is 0 Å². The zero-order valence-electron chi connectivity index (χ0n) is 10.9. The van der Waals surface area contributed by atoms with Crippen molar-refractivity contribution >= 4 is 0 Å². The molecule has 0 radical (unpaired) electrons. The van der Waals surface area contributed by atoms with Crippen LogP contribution in [0.1, 0.15) is 66.2 Å². The highest BCUT2D eigenvalue weighted by atomic mass is 16.5. The Kier molecular flexibility index (Phi) is 2.65. The minimum atomic E-state index is 0.0255. The second-order valence-electron chi connectivity index (χ2n) is 7.21. The largest absolute Gasteiger partial charge is 0.375 e. The zero-order chi connectivity index (χ0) is 11.2. The molecule has 1 spiro atoms. The first-order valence-corrected chi connectivity index (χ1v) is 6.47.